The van der Waals surface area contributed by atoms with Crippen molar-refractivity contribution in [3.8, 4) is 0 Å². The van der Waals surface area contributed by atoms with Gasteiger partial charge in [-0.2, -0.15) is 0 Å². The van der Waals surface area contributed by atoms with Crippen molar-refractivity contribution in [3.63, 3.8) is 0 Å². The van der Waals surface area contributed by atoms with Crippen molar-refractivity contribution in [3.05, 3.63) is 40.6 Å². The maximum Gasteiger partial charge on any atom is 0.252 e. The fourth-order valence-corrected chi connectivity index (χ4v) is 3.19. The van der Waals surface area contributed by atoms with Gasteiger partial charge in [-0.3, -0.25) is 4.79 Å². The van der Waals surface area contributed by atoms with Gasteiger partial charge in [0.25, 0.3) is 5.91 Å². The molecule has 5 heteroatoms. The highest BCUT2D eigenvalue weighted by atomic mass is 35.5. The van der Waals surface area contributed by atoms with E-state index >= 15 is 0 Å². The van der Waals surface area contributed by atoms with Crippen LogP contribution < -0.4 is 5.32 Å². The Morgan fingerprint density at radius 2 is 2.30 bits per heavy atom. The Labute approximate surface area is 140 Å². The average Bonchev–Trinajstić information content (AvgIpc) is 3.12. The van der Waals surface area contributed by atoms with Crippen LogP contribution in [0.5, 0.6) is 0 Å². The first-order valence-corrected chi connectivity index (χ1v) is 8.26. The fourth-order valence-electron chi connectivity index (χ4n) is 2.95. The molecule has 0 spiro atoms. The zero-order chi connectivity index (χ0) is 16.4. The van der Waals surface area contributed by atoms with Crippen LogP contribution in [-0.2, 0) is 16.1 Å². The van der Waals surface area contributed by atoms with Crippen molar-refractivity contribution in [2.24, 2.45) is 0 Å². The number of fused-ring (bicyclic) bond motifs is 1. The standard InChI is InChI=1S/C18H21ClN2O2/c1-3-5-12-10-16-13(9-15(12)19)8-14(21-16)11-20-17(22)18(2)6-4-7-23-18/h3,5,8-10,21H,4,6-7,11H2,1-2H3,(H,20,22)/b5-3+. The SMILES string of the molecule is C/C=C/c1cc2[nH]c(CNC(=O)C3(C)CCCO3)cc2cc1Cl. The van der Waals surface area contributed by atoms with Gasteiger partial charge in [0.1, 0.15) is 5.60 Å². The lowest BCUT2D eigenvalue weighted by Crippen LogP contribution is -2.43. The smallest absolute Gasteiger partial charge is 0.252 e. The van der Waals surface area contributed by atoms with Gasteiger partial charge in [-0.15, -0.1) is 0 Å². The summed E-state index contributed by atoms with van der Waals surface area (Å²) in [6, 6.07) is 5.97. The molecule has 4 nitrogen and oxygen atoms in total. The molecule has 2 N–H and O–H groups in total. The topological polar surface area (TPSA) is 54.1 Å². The number of benzene rings is 1. The Morgan fingerprint density at radius 3 is 3.00 bits per heavy atom. The van der Waals surface area contributed by atoms with Crippen LogP contribution in [0, 0.1) is 0 Å². The molecule has 1 amide bonds. The van der Waals surface area contributed by atoms with Crippen LogP contribution >= 0.6 is 11.6 Å². The number of ether oxygens (including phenoxy) is 1. The molecule has 1 fully saturated rings. The van der Waals surface area contributed by atoms with Gasteiger partial charge in [-0.25, -0.2) is 0 Å². The molecular weight excluding hydrogens is 312 g/mol. The monoisotopic (exact) mass is 332 g/mol. The largest absolute Gasteiger partial charge is 0.365 e. The van der Waals surface area contributed by atoms with E-state index in [1.807, 2.05) is 44.2 Å². The molecule has 0 aliphatic carbocycles. The lowest BCUT2D eigenvalue weighted by Gasteiger charge is -2.21. The van der Waals surface area contributed by atoms with Crippen molar-refractivity contribution in [1.82, 2.24) is 10.3 Å². The summed E-state index contributed by atoms with van der Waals surface area (Å²) in [6.07, 6.45) is 5.64. The molecule has 122 valence electrons. The lowest BCUT2D eigenvalue weighted by molar-refractivity contribution is -0.139. The van der Waals surface area contributed by atoms with Crippen molar-refractivity contribution in [2.75, 3.05) is 6.61 Å². The van der Waals surface area contributed by atoms with E-state index in [9.17, 15) is 4.79 Å². The van der Waals surface area contributed by atoms with Gasteiger partial charge in [0.2, 0.25) is 0 Å². The molecular formula is C18H21ClN2O2. The zero-order valence-corrected chi connectivity index (χ0v) is 14.2. The third kappa shape index (κ3) is 3.28. The van der Waals surface area contributed by atoms with Gasteiger partial charge in [0.15, 0.2) is 0 Å². The van der Waals surface area contributed by atoms with Crippen LogP contribution in [0.1, 0.15) is 37.9 Å². The van der Waals surface area contributed by atoms with Gasteiger partial charge < -0.3 is 15.0 Å². The molecule has 3 rings (SSSR count). The van der Waals surface area contributed by atoms with Crippen LogP contribution in [0.3, 0.4) is 0 Å². The number of amides is 1. The van der Waals surface area contributed by atoms with E-state index < -0.39 is 5.60 Å². The Hall–Kier alpha value is -1.78. The summed E-state index contributed by atoms with van der Waals surface area (Å²) in [5.74, 6) is -0.0544. The number of halogens is 1. The minimum atomic E-state index is -0.686. The number of aromatic nitrogens is 1. The number of allylic oxidation sites excluding steroid dienone is 1. The van der Waals surface area contributed by atoms with E-state index in [4.69, 9.17) is 16.3 Å². The second-order valence-corrected chi connectivity index (χ2v) is 6.53. The molecule has 1 aromatic heterocycles. The summed E-state index contributed by atoms with van der Waals surface area (Å²) < 4.78 is 5.56. The number of rotatable bonds is 4. The molecule has 0 radical (unpaired) electrons. The second kappa shape index (κ2) is 6.38. The van der Waals surface area contributed by atoms with Gasteiger partial charge in [-0.05, 0) is 50.5 Å². The van der Waals surface area contributed by atoms with Crippen LogP contribution in [0.4, 0.5) is 0 Å². The van der Waals surface area contributed by atoms with Crippen molar-refractivity contribution >= 4 is 34.5 Å². The van der Waals surface area contributed by atoms with Crippen LogP contribution in [0.2, 0.25) is 5.02 Å². The Bertz CT molecular complexity index is 758. The molecule has 1 aliphatic rings. The molecule has 23 heavy (non-hydrogen) atoms. The normalized spacial score (nSPS) is 21.3. The van der Waals surface area contributed by atoms with E-state index in [0.29, 0.717) is 13.2 Å². The first-order chi connectivity index (χ1) is 11.0. The van der Waals surface area contributed by atoms with Crippen molar-refractivity contribution < 1.29 is 9.53 Å². The summed E-state index contributed by atoms with van der Waals surface area (Å²) in [4.78, 5) is 15.6. The first-order valence-electron chi connectivity index (χ1n) is 7.88. The molecule has 1 aliphatic heterocycles. The average molecular weight is 333 g/mol. The molecule has 2 aromatic rings. The van der Waals surface area contributed by atoms with Gasteiger partial charge >= 0.3 is 0 Å². The fraction of sp³-hybridized carbons (Fsp3) is 0.389. The second-order valence-electron chi connectivity index (χ2n) is 6.12. The molecule has 0 saturated carbocycles. The van der Waals surface area contributed by atoms with Crippen LogP contribution in [0.25, 0.3) is 17.0 Å². The molecule has 0 bridgehead atoms. The number of carbonyl (C=O) groups is 1. The van der Waals surface area contributed by atoms with E-state index in [1.54, 1.807) is 0 Å². The molecule has 2 heterocycles. The van der Waals surface area contributed by atoms with E-state index in [0.717, 1.165) is 40.0 Å². The zero-order valence-electron chi connectivity index (χ0n) is 13.4. The van der Waals surface area contributed by atoms with Gasteiger partial charge in [0.05, 0.1) is 6.54 Å². The summed E-state index contributed by atoms with van der Waals surface area (Å²) in [6.45, 7) is 4.91. The molecule has 1 saturated heterocycles. The number of hydrogen-bond donors (Lipinski definition) is 2. The highest BCUT2D eigenvalue weighted by molar-refractivity contribution is 6.32. The molecule has 1 aromatic carbocycles. The van der Waals surface area contributed by atoms with Gasteiger partial charge in [-0.1, -0.05) is 23.8 Å². The summed E-state index contributed by atoms with van der Waals surface area (Å²) in [5.41, 5.74) is 2.25. The van der Waals surface area contributed by atoms with E-state index in [-0.39, 0.29) is 5.91 Å². The highest BCUT2D eigenvalue weighted by Crippen LogP contribution is 2.27. The third-order valence-electron chi connectivity index (χ3n) is 4.28. The van der Waals surface area contributed by atoms with Crippen molar-refractivity contribution in [1.29, 1.82) is 0 Å². The van der Waals surface area contributed by atoms with E-state index in [2.05, 4.69) is 10.3 Å². The highest BCUT2D eigenvalue weighted by Gasteiger charge is 2.37. The third-order valence-corrected chi connectivity index (χ3v) is 4.61. The molecule has 1 atom stereocenters. The first kappa shape index (κ1) is 16.1. The van der Waals surface area contributed by atoms with Crippen LogP contribution in [0.15, 0.2) is 24.3 Å². The predicted molar refractivity (Wildman–Crippen MR) is 93.5 cm³/mol. The maximum absolute atomic E-state index is 12.3. The van der Waals surface area contributed by atoms with Gasteiger partial charge in [0, 0.05) is 28.2 Å². The predicted octanol–water partition coefficient (Wildman–Crippen LogP) is 4.04. The lowest BCUT2D eigenvalue weighted by atomic mass is 10.0. The Balaban J connectivity index is 1.75. The number of aromatic amines is 1. The summed E-state index contributed by atoms with van der Waals surface area (Å²) in [7, 11) is 0. The number of hydrogen-bond acceptors (Lipinski definition) is 2. The number of H-pyrrole nitrogens is 1. The number of carbonyl (C=O) groups excluding carboxylic acids is 1. The Morgan fingerprint density at radius 1 is 1.48 bits per heavy atom. The summed E-state index contributed by atoms with van der Waals surface area (Å²) in [5, 5.41) is 4.71. The van der Waals surface area contributed by atoms with E-state index in [1.165, 1.54) is 0 Å². The minimum Gasteiger partial charge on any atom is -0.365 e. The quantitative estimate of drug-likeness (QED) is 0.887. The summed E-state index contributed by atoms with van der Waals surface area (Å²) >= 11 is 6.27. The van der Waals surface area contributed by atoms with Crippen LogP contribution in [-0.4, -0.2) is 23.1 Å². The van der Waals surface area contributed by atoms with Crippen molar-refractivity contribution in [2.45, 2.75) is 38.8 Å². The Kier molecular flexibility index (Phi) is 4.46. The maximum atomic E-state index is 12.3. The molecule has 1 unspecified atom stereocenters. The minimum absolute atomic E-state index is 0.0544. The number of nitrogens with one attached hydrogen (secondary N) is 2.